The summed E-state index contributed by atoms with van der Waals surface area (Å²) >= 11 is 0. The molecule has 0 saturated carbocycles. The lowest BCUT2D eigenvalue weighted by Gasteiger charge is -2.23. The van der Waals surface area contributed by atoms with E-state index in [2.05, 4.69) is 97.3 Å². The summed E-state index contributed by atoms with van der Waals surface area (Å²) in [6.07, 6.45) is 0. The molecule has 4 heteroatoms. The number of aromatic nitrogens is 3. The molecular formula is C22H27N3Si. The van der Waals surface area contributed by atoms with Gasteiger partial charge in [-0.3, -0.25) is 4.57 Å². The van der Waals surface area contributed by atoms with Gasteiger partial charge in [0.25, 0.3) is 0 Å². The van der Waals surface area contributed by atoms with Crippen molar-refractivity contribution in [2.24, 2.45) is 7.05 Å². The van der Waals surface area contributed by atoms with Crippen molar-refractivity contribution in [2.45, 2.75) is 38.5 Å². The van der Waals surface area contributed by atoms with Gasteiger partial charge in [-0.1, -0.05) is 56.9 Å². The second kappa shape index (κ2) is 6.13. The molecule has 0 aliphatic carbocycles. The Morgan fingerprint density at radius 1 is 0.962 bits per heavy atom. The third-order valence-corrected chi connectivity index (χ3v) is 6.96. The summed E-state index contributed by atoms with van der Waals surface area (Å²) in [6, 6.07) is 20.7. The highest BCUT2D eigenvalue weighted by Gasteiger charge is 2.24. The van der Waals surface area contributed by atoms with Crippen molar-refractivity contribution in [3.05, 3.63) is 60.3 Å². The van der Waals surface area contributed by atoms with Crippen molar-refractivity contribution in [3.63, 3.8) is 0 Å². The Morgan fingerprint density at radius 2 is 1.62 bits per heavy atom. The van der Waals surface area contributed by atoms with E-state index in [0.29, 0.717) is 5.92 Å². The zero-order valence-corrected chi connectivity index (χ0v) is 17.3. The van der Waals surface area contributed by atoms with Gasteiger partial charge in [-0.05, 0) is 36.2 Å². The fraction of sp³-hybridized carbons (Fsp3) is 0.318. The smallest absolute Gasteiger partial charge is 0.215 e. The first-order chi connectivity index (χ1) is 12.3. The van der Waals surface area contributed by atoms with Gasteiger partial charge in [0.15, 0.2) is 0 Å². The number of hydrogen-bond donors (Lipinski definition) is 0. The number of fused-ring (bicyclic) bond motifs is 2. The van der Waals surface area contributed by atoms with Crippen molar-refractivity contribution >= 4 is 30.0 Å². The van der Waals surface area contributed by atoms with Crippen molar-refractivity contribution in [2.75, 3.05) is 0 Å². The summed E-state index contributed by atoms with van der Waals surface area (Å²) in [5.74, 6) is 1.51. The first kappa shape index (κ1) is 17.1. The van der Waals surface area contributed by atoms with Crippen LogP contribution in [0.3, 0.4) is 0 Å². The van der Waals surface area contributed by atoms with E-state index in [1.807, 2.05) is 0 Å². The molecule has 0 N–H and O–H groups in total. The Kier molecular flexibility index (Phi) is 4.03. The molecule has 2 aromatic heterocycles. The number of aryl methyl sites for hydroxylation is 1. The maximum absolute atomic E-state index is 4.98. The van der Waals surface area contributed by atoms with E-state index in [1.54, 1.807) is 0 Å². The van der Waals surface area contributed by atoms with Gasteiger partial charge in [0.05, 0.1) is 16.6 Å². The van der Waals surface area contributed by atoms with Gasteiger partial charge in [0.2, 0.25) is 5.95 Å². The lowest BCUT2D eigenvalue weighted by molar-refractivity contribution is 0.745. The van der Waals surface area contributed by atoms with Crippen molar-refractivity contribution < 1.29 is 0 Å². The van der Waals surface area contributed by atoms with Gasteiger partial charge in [-0.25, -0.2) is 4.98 Å². The van der Waals surface area contributed by atoms with Gasteiger partial charge in [-0.2, -0.15) is 0 Å². The zero-order valence-electron chi connectivity index (χ0n) is 16.3. The molecule has 0 amide bonds. The molecule has 0 unspecified atom stereocenters. The molecule has 2 aromatic carbocycles. The van der Waals surface area contributed by atoms with Crippen LogP contribution in [0.2, 0.25) is 25.7 Å². The molecule has 26 heavy (non-hydrogen) atoms. The fourth-order valence-electron chi connectivity index (χ4n) is 4.12. The molecule has 1 atom stereocenters. The lowest BCUT2D eigenvalue weighted by Crippen LogP contribution is -2.23. The minimum Gasteiger partial charge on any atom is -0.313 e. The quantitative estimate of drug-likeness (QED) is 0.411. The largest absolute Gasteiger partial charge is 0.313 e. The Bertz CT molecular complexity index is 1080. The van der Waals surface area contributed by atoms with Gasteiger partial charge in [0.1, 0.15) is 0 Å². The van der Waals surface area contributed by atoms with Gasteiger partial charge < -0.3 is 4.57 Å². The second-order valence-electron chi connectivity index (χ2n) is 8.59. The zero-order chi connectivity index (χ0) is 18.5. The Balaban J connectivity index is 1.98. The molecule has 4 aromatic rings. The number of benzene rings is 2. The standard InChI is InChI=1S/C22H27N3Si/c1-16(15-26(3,4)5)21-14-17-10-6-8-12-19(17)25(21)22-23-18-11-7-9-13-20(18)24(22)2/h6-14,16H,15H2,1-5H3/t16-/m0/s1. The Hall–Kier alpha value is -2.33. The monoisotopic (exact) mass is 361 g/mol. The van der Waals surface area contributed by atoms with Crippen LogP contribution >= 0.6 is 0 Å². The van der Waals surface area contributed by atoms with E-state index < -0.39 is 8.07 Å². The van der Waals surface area contributed by atoms with E-state index in [4.69, 9.17) is 4.98 Å². The van der Waals surface area contributed by atoms with Crippen molar-refractivity contribution in [1.29, 1.82) is 0 Å². The van der Waals surface area contributed by atoms with Crippen LogP contribution in [-0.2, 0) is 7.05 Å². The van der Waals surface area contributed by atoms with Crippen LogP contribution in [0, 0.1) is 0 Å². The van der Waals surface area contributed by atoms with Crippen molar-refractivity contribution in [1.82, 2.24) is 14.1 Å². The summed E-state index contributed by atoms with van der Waals surface area (Å²) in [5.41, 5.74) is 4.83. The molecule has 0 spiro atoms. The average Bonchev–Trinajstić information content (AvgIpc) is 3.12. The highest BCUT2D eigenvalue weighted by Crippen LogP contribution is 2.33. The number of hydrogen-bond acceptors (Lipinski definition) is 1. The fourth-order valence-corrected chi connectivity index (χ4v) is 6.16. The average molecular weight is 362 g/mol. The molecule has 134 valence electrons. The van der Waals surface area contributed by atoms with Crippen LogP contribution in [0.15, 0.2) is 54.6 Å². The first-order valence-electron chi connectivity index (χ1n) is 9.37. The highest BCUT2D eigenvalue weighted by atomic mass is 28.3. The first-order valence-corrected chi connectivity index (χ1v) is 13.1. The van der Waals surface area contributed by atoms with Crippen LogP contribution in [0.25, 0.3) is 27.9 Å². The van der Waals surface area contributed by atoms with Crippen LogP contribution < -0.4 is 0 Å². The third-order valence-electron chi connectivity index (χ3n) is 5.13. The topological polar surface area (TPSA) is 22.8 Å². The number of rotatable bonds is 4. The highest BCUT2D eigenvalue weighted by molar-refractivity contribution is 6.76. The molecule has 0 bridgehead atoms. The molecule has 0 aliphatic heterocycles. The Morgan fingerprint density at radius 3 is 2.31 bits per heavy atom. The summed E-state index contributed by atoms with van der Waals surface area (Å²) in [5, 5.41) is 1.29. The van der Waals surface area contributed by atoms with E-state index in [9.17, 15) is 0 Å². The molecule has 3 nitrogen and oxygen atoms in total. The second-order valence-corrected chi connectivity index (χ2v) is 14.1. The molecule has 0 radical (unpaired) electrons. The third kappa shape index (κ3) is 2.88. The van der Waals surface area contributed by atoms with Crippen LogP contribution in [0.4, 0.5) is 0 Å². The molecule has 0 saturated heterocycles. The molecule has 4 rings (SSSR count). The minimum absolute atomic E-state index is 0.508. The van der Waals surface area contributed by atoms with Gasteiger partial charge >= 0.3 is 0 Å². The van der Waals surface area contributed by atoms with E-state index in [1.165, 1.54) is 28.2 Å². The summed E-state index contributed by atoms with van der Waals surface area (Å²) in [7, 11) is 0.956. The summed E-state index contributed by atoms with van der Waals surface area (Å²) in [6.45, 7) is 9.72. The maximum Gasteiger partial charge on any atom is 0.215 e. The van der Waals surface area contributed by atoms with E-state index >= 15 is 0 Å². The van der Waals surface area contributed by atoms with Gasteiger partial charge in [-0.15, -0.1) is 0 Å². The number of nitrogens with zero attached hydrogens (tertiary/aromatic N) is 3. The maximum atomic E-state index is 4.98. The van der Waals surface area contributed by atoms with Crippen LogP contribution in [0.1, 0.15) is 18.5 Å². The molecule has 0 fully saturated rings. The summed E-state index contributed by atoms with van der Waals surface area (Å²) < 4.78 is 4.59. The predicted octanol–water partition coefficient (Wildman–Crippen LogP) is 5.96. The molecular weight excluding hydrogens is 334 g/mol. The van der Waals surface area contributed by atoms with E-state index in [-0.39, 0.29) is 0 Å². The van der Waals surface area contributed by atoms with E-state index in [0.717, 1.165) is 11.5 Å². The number of para-hydroxylation sites is 3. The van der Waals surface area contributed by atoms with Crippen LogP contribution in [-0.4, -0.2) is 22.2 Å². The molecule has 0 aliphatic rings. The predicted molar refractivity (Wildman–Crippen MR) is 114 cm³/mol. The normalized spacial score (nSPS) is 13.6. The summed E-state index contributed by atoms with van der Waals surface area (Å²) in [4.78, 5) is 4.98. The molecule has 2 heterocycles. The van der Waals surface area contributed by atoms with Crippen LogP contribution in [0.5, 0.6) is 0 Å². The van der Waals surface area contributed by atoms with Crippen molar-refractivity contribution in [3.8, 4) is 5.95 Å². The number of imidazole rings is 1. The Labute approximate surface area is 156 Å². The lowest BCUT2D eigenvalue weighted by atomic mass is 10.1. The SMILES string of the molecule is C[C@@H](C[Si](C)(C)C)c1cc2ccccc2n1-c1nc2ccccc2n1C. The van der Waals surface area contributed by atoms with Gasteiger partial charge in [0, 0.05) is 26.2 Å². The minimum atomic E-state index is -1.16.